The van der Waals surface area contributed by atoms with Gasteiger partial charge in [0.25, 0.3) is 5.91 Å². The van der Waals surface area contributed by atoms with E-state index in [9.17, 15) is 26.4 Å². The highest BCUT2D eigenvalue weighted by molar-refractivity contribution is 7.89. The van der Waals surface area contributed by atoms with Crippen molar-refractivity contribution in [3.63, 3.8) is 0 Å². The predicted octanol–water partition coefficient (Wildman–Crippen LogP) is 3.67. The second-order valence-corrected chi connectivity index (χ2v) is 9.41. The van der Waals surface area contributed by atoms with Gasteiger partial charge in [0.15, 0.2) is 0 Å². The fourth-order valence-corrected chi connectivity index (χ4v) is 5.33. The molecule has 0 N–H and O–H groups in total. The molecule has 0 bridgehead atoms. The number of carbonyl (C=O) groups excluding carboxylic acids is 1. The Morgan fingerprint density at radius 1 is 0.929 bits per heavy atom. The lowest BCUT2D eigenvalue weighted by Gasteiger charge is -2.33. The molecule has 5 nitrogen and oxygen atoms in total. The lowest BCUT2D eigenvalue weighted by Crippen LogP contribution is -2.44. The Morgan fingerprint density at radius 3 is 2.11 bits per heavy atom. The normalized spacial score (nSPS) is 22.7. The molecule has 2 heterocycles. The van der Waals surface area contributed by atoms with Crippen molar-refractivity contribution in [2.24, 2.45) is 5.92 Å². The van der Waals surface area contributed by atoms with E-state index in [1.807, 2.05) is 0 Å². The Labute approximate surface area is 163 Å². The molecule has 0 unspecified atom stereocenters. The van der Waals surface area contributed by atoms with Gasteiger partial charge in [-0.2, -0.15) is 17.5 Å². The van der Waals surface area contributed by atoms with Gasteiger partial charge in [0.05, 0.1) is 10.8 Å². The number of carbonyl (C=O) groups is 1. The summed E-state index contributed by atoms with van der Waals surface area (Å²) in [6, 6.07) is 5.53. The van der Waals surface area contributed by atoms with Gasteiger partial charge in [-0.25, -0.2) is 8.42 Å². The smallest absolute Gasteiger partial charge is 0.338 e. The molecule has 0 saturated carbocycles. The third-order valence-corrected chi connectivity index (χ3v) is 7.39. The Morgan fingerprint density at radius 2 is 1.54 bits per heavy atom. The van der Waals surface area contributed by atoms with Crippen molar-refractivity contribution in [3.05, 3.63) is 29.8 Å². The second-order valence-electron chi connectivity index (χ2n) is 7.47. The first kappa shape index (κ1) is 21.1. The highest BCUT2D eigenvalue weighted by Gasteiger charge is 2.42. The third-order valence-electron chi connectivity index (χ3n) is 5.48. The topological polar surface area (TPSA) is 57.7 Å². The maximum Gasteiger partial charge on any atom is 0.393 e. The van der Waals surface area contributed by atoms with Gasteiger partial charge < -0.3 is 4.90 Å². The minimum absolute atomic E-state index is 0.0281. The molecule has 1 aromatic rings. The van der Waals surface area contributed by atoms with Crippen molar-refractivity contribution in [3.8, 4) is 0 Å². The van der Waals surface area contributed by atoms with Gasteiger partial charge in [-0.3, -0.25) is 4.79 Å². The molecule has 9 heteroatoms. The fourth-order valence-electron chi connectivity index (χ4n) is 3.81. The first-order valence-corrected chi connectivity index (χ1v) is 11.1. The lowest BCUT2D eigenvalue weighted by molar-refractivity contribution is -0.184. The van der Waals surface area contributed by atoms with Crippen molar-refractivity contribution in [1.82, 2.24) is 9.21 Å². The standard InChI is InChI=1S/C19H25F3N2O3S/c20-19(21,22)16-6-5-11-23(14-16)18(25)15-7-9-17(10-8-15)28(26,27)24-12-3-1-2-4-13-24/h7-10,16H,1-6,11-14H2/t16-/m1/s1. The Balaban J connectivity index is 1.72. The molecule has 0 aromatic heterocycles. The van der Waals surface area contributed by atoms with Crippen LogP contribution < -0.4 is 0 Å². The lowest BCUT2D eigenvalue weighted by atomic mass is 9.97. The largest absolute Gasteiger partial charge is 0.393 e. The third kappa shape index (κ3) is 4.68. The number of rotatable bonds is 3. The summed E-state index contributed by atoms with van der Waals surface area (Å²) >= 11 is 0. The number of alkyl halides is 3. The van der Waals surface area contributed by atoms with Crippen LogP contribution in [0.4, 0.5) is 13.2 Å². The van der Waals surface area contributed by atoms with E-state index < -0.39 is 28.0 Å². The van der Waals surface area contributed by atoms with E-state index in [-0.39, 0.29) is 30.0 Å². The fraction of sp³-hybridized carbons (Fsp3) is 0.632. The van der Waals surface area contributed by atoms with Gasteiger partial charge >= 0.3 is 6.18 Å². The predicted molar refractivity (Wildman–Crippen MR) is 98.4 cm³/mol. The van der Waals surface area contributed by atoms with Gasteiger partial charge in [-0.1, -0.05) is 12.8 Å². The van der Waals surface area contributed by atoms with Crippen LogP contribution in [0, 0.1) is 5.92 Å². The van der Waals surface area contributed by atoms with E-state index in [4.69, 9.17) is 0 Å². The van der Waals surface area contributed by atoms with Crippen molar-refractivity contribution in [2.75, 3.05) is 26.2 Å². The number of benzene rings is 1. The van der Waals surface area contributed by atoms with Crippen LogP contribution in [-0.2, 0) is 10.0 Å². The zero-order chi connectivity index (χ0) is 20.4. The van der Waals surface area contributed by atoms with Crippen LogP contribution in [0.3, 0.4) is 0 Å². The van der Waals surface area contributed by atoms with Crippen LogP contribution in [0.2, 0.25) is 0 Å². The molecule has 0 aliphatic carbocycles. The Hall–Kier alpha value is -1.61. The van der Waals surface area contributed by atoms with Crippen LogP contribution in [0.25, 0.3) is 0 Å². The summed E-state index contributed by atoms with van der Waals surface area (Å²) in [7, 11) is -3.62. The highest BCUT2D eigenvalue weighted by atomic mass is 32.2. The number of hydrogen-bond donors (Lipinski definition) is 0. The molecule has 156 valence electrons. The van der Waals surface area contributed by atoms with Gasteiger partial charge in [0, 0.05) is 31.7 Å². The molecule has 1 atom stereocenters. The molecule has 1 amide bonds. The van der Waals surface area contributed by atoms with E-state index >= 15 is 0 Å². The molecule has 0 spiro atoms. The molecular formula is C19H25F3N2O3S. The van der Waals surface area contributed by atoms with Crippen LogP contribution in [-0.4, -0.2) is 55.9 Å². The summed E-state index contributed by atoms with van der Waals surface area (Å²) in [5.74, 6) is -2.00. The summed E-state index contributed by atoms with van der Waals surface area (Å²) in [5, 5.41) is 0. The number of amides is 1. The highest BCUT2D eigenvalue weighted by Crippen LogP contribution is 2.33. The van der Waals surface area contributed by atoms with Gasteiger partial charge in [0.1, 0.15) is 0 Å². The molecule has 2 saturated heterocycles. The van der Waals surface area contributed by atoms with E-state index in [0.717, 1.165) is 25.7 Å². The molecular weight excluding hydrogens is 393 g/mol. The monoisotopic (exact) mass is 418 g/mol. The van der Waals surface area contributed by atoms with Crippen molar-refractivity contribution >= 4 is 15.9 Å². The average molecular weight is 418 g/mol. The van der Waals surface area contributed by atoms with Crippen molar-refractivity contribution in [1.29, 1.82) is 0 Å². The molecule has 1 aromatic carbocycles. The van der Waals surface area contributed by atoms with Crippen molar-refractivity contribution < 1.29 is 26.4 Å². The molecule has 2 fully saturated rings. The van der Waals surface area contributed by atoms with Crippen molar-refractivity contribution in [2.45, 2.75) is 49.6 Å². The minimum Gasteiger partial charge on any atom is -0.338 e. The number of hydrogen-bond acceptors (Lipinski definition) is 3. The zero-order valence-electron chi connectivity index (χ0n) is 15.6. The average Bonchev–Trinajstić information content (AvgIpc) is 2.97. The van der Waals surface area contributed by atoms with Crippen LogP contribution in [0.15, 0.2) is 29.2 Å². The summed E-state index contributed by atoms with van der Waals surface area (Å²) in [6.45, 7) is 0.890. The maximum absolute atomic E-state index is 13.0. The summed E-state index contributed by atoms with van der Waals surface area (Å²) in [5.41, 5.74) is 0.206. The Kier molecular flexibility index (Phi) is 6.34. The second kappa shape index (κ2) is 8.41. The first-order chi connectivity index (χ1) is 13.2. The van der Waals surface area contributed by atoms with E-state index in [1.54, 1.807) is 0 Å². The van der Waals surface area contributed by atoms with E-state index in [0.29, 0.717) is 19.5 Å². The van der Waals surface area contributed by atoms with Gasteiger partial charge in [-0.05, 0) is 49.9 Å². The number of nitrogens with zero attached hydrogens (tertiary/aromatic N) is 2. The van der Waals surface area contributed by atoms with E-state index in [2.05, 4.69) is 0 Å². The minimum atomic E-state index is -4.32. The summed E-state index contributed by atoms with van der Waals surface area (Å²) < 4.78 is 65.9. The molecule has 2 aliphatic heterocycles. The maximum atomic E-state index is 13.0. The van der Waals surface area contributed by atoms with Crippen LogP contribution in [0.1, 0.15) is 48.9 Å². The zero-order valence-corrected chi connectivity index (χ0v) is 16.4. The molecule has 2 aliphatic rings. The van der Waals surface area contributed by atoms with Gasteiger partial charge in [0.2, 0.25) is 10.0 Å². The van der Waals surface area contributed by atoms with Gasteiger partial charge in [-0.15, -0.1) is 0 Å². The number of sulfonamides is 1. The first-order valence-electron chi connectivity index (χ1n) is 9.66. The molecule has 0 radical (unpaired) electrons. The molecule has 28 heavy (non-hydrogen) atoms. The number of piperidine rings is 1. The summed E-state index contributed by atoms with van der Waals surface area (Å²) in [6.07, 6.45) is -0.319. The summed E-state index contributed by atoms with van der Waals surface area (Å²) in [4.78, 5) is 13.9. The quantitative estimate of drug-likeness (QED) is 0.753. The molecule has 3 rings (SSSR count). The van der Waals surface area contributed by atoms with Crippen LogP contribution >= 0.6 is 0 Å². The SMILES string of the molecule is O=C(c1ccc(S(=O)(=O)N2CCCCCC2)cc1)N1CCC[C@@H](C(F)(F)F)C1. The van der Waals surface area contributed by atoms with E-state index in [1.165, 1.54) is 33.5 Å². The number of halogens is 3. The number of likely N-dealkylation sites (tertiary alicyclic amines) is 1. The van der Waals surface area contributed by atoms with Crippen LogP contribution in [0.5, 0.6) is 0 Å². The Bertz CT molecular complexity index is 786.